The Morgan fingerprint density at radius 3 is 1.65 bits per heavy atom. The normalized spacial score (nSPS) is 11.9. The Labute approximate surface area is 165 Å². The molecule has 2 nitrogen and oxygen atoms in total. The van der Waals surface area contributed by atoms with E-state index >= 15 is 0 Å². The molecule has 0 amide bonds. The first-order valence-electron chi connectivity index (χ1n) is 11.6. The second kappa shape index (κ2) is 24.4. The number of rotatable bonds is 21. The van der Waals surface area contributed by atoms with Gasteiger partial charge < -0.3 is 11.1 Å². The lowest BCUT2D eigenvalue weighted by Gasteiger charge is -2.04. The Hall–Kier alpha value is -0.600. The molecule has 0 bridgehead atoms. The molecule has 0 saturated carbocycles. The van der Waals surface area contributed by atoms with Gasteiger partial charge in [0.05, 0.1) is 0 Å². The summed E-state index contributed by atoms with van der Waals surface area (Å²) in [6.45, 7) is 5.49. The summed E-state index contributed by atoms with van der Waals surface area (Å²) < 4.78 is 0. The summed E-state index contributed by atoms with van der Waals surface area (Å²) in [4.78, 5) is 0. The third kappa shape index (κ3) is 23.4. The Bertz CT molecular complexity index is 297. The van der Waals surface area contributed by atoms with Crippen molar-refractivity contribution in [2.75, 3.05) is 19.6 Å². The van der Waals surface area contributed by atoms with E-state index in [4.69, 9.17) is 5.73 Å². The van der Waals surface area contributed by atoms with Crippen molar-refractivity contribution in [2.24, 2.45) is 5.73 Å². The average molecular weight is 365 g/mol. The maximum atomic E-state index is 5.50. The van der Waals surface area contributed by atoms with Crippen molar-refractivity contribution in [3.63, 3.8) is 0 Å². The third-order valence-electron chi connectivity index (χ3n) is 4.86. The Morgan fingerprint density at radius 1 is 0.577 bits per heavy atom. The van der Waals surface area contributed by atoms with Gasteiger partial charge in [-0.25, -0.2) is 0 Å². The van der Waals surface area contributed by atoms with Gasteiger partial charge in [-0.1, -0.05) is 82.6 Å². The maximum Gasteiger partial charge on any atom is -0.00489 e. The third-order valence-corrected chi connectivity index (χ3v) is 4.86. The summed E-state index contributed by atoms with van der Waals surface area (Å²) in [6, 6.07) is 0. The highest BCUT2D eigenvalue weighted by Crippen LogP contribution is 2.08. The molecule has 0 aromatic heterocycles. The van der Waals surface area contributed by atoms with Crippen molar-refractivity contribution in [1.29, 1.82) is 0 Å². The molecule has 0 aromatic rings. The molecule has 0 aromatic carbocycles. The number of hydrogen-bond acceptors (Lipinski definition) is 2. The van der Waals surface area contributed by atoms with E-state index in [1.165, 1.54) is 109 Å². The van der Waals surface area contributed by atoms with E-state index in [0.717, 1.165) is 13.0 Å². The van der Waals surface area contributed by atoms with Crippen LogP contribution in [0.1, 0.15) is 110 Å². The van der Waals surface area contributed by atoms with Gasteiger partial charge >= 0.3 is 0 Å². The van der Waals surface area contributed by atoms with Crippen LogP contribution in [-0.4, -0.2) is 19.6 Å². The minimum atomic E-state index is 0.847. The summed E-state index contributed by atoms with van der Waals surface area (Å²) in [6.07, 6.45) is 30.4. The fourth-order valence-electron chi connectivity index (χ4n) is 3.11. The van der Waals surface area contributed by atoms with Crippen LogP contribution in [0.15, 0.2) is 24.3 Å². The van der Waals surface area contributed by atoms with Gasteiger partial charge in [0.1, 0.15) is 0 Å². The monoisotopic (exact) mass is 364 g/mol. The zero-order valence-corrected chi connectivity index (χ0v) is 17.8. The Balaban J connectivity index is 3.09. The summed E-state index contributed by atoms with van der Waals surface area (Å²) in [5, 5.41) is 3.57. The minimum absolute atomic E-state index is 0.847. The molecule has 0 unspecified atom stereocenters. The van der Waals surface area contributed by atoms with Gasteiger partial charge in [-0.2, -0.15) is 0 Å². The Kier molecular flexibility index (Phi) is 23.8. The van der Waals surface area contributed by atoms with Gasteiger partial charge in [0, 0.05) is 0 Å². The zero-order valence-electron chi connectivity index (χ0n) is 17.8. The highest BCUT2D eigenvalue weighted by Gasteiger charge is 1.92. The SMILES string of the molecule is CCCCC/C=C\C/C=C\CCCCCCCCNCCCCCCN. The van der Waals surface area contributed by atoms with E-state index in [1.807, 2.05) is 0 Å². The fourth-order valence-corrected chi connectivity index (χ4v) is 3.11. The smallest absolute Gasteiger partial charge is 0.00489 e. The molecular weight excluding hydrogens is 316 g/mol. The second-order valence-electron chi connectivity index (χ2n) is 7.54. The molecule has 0 heterocycles. The Morgan fingerprint density at radius 2 is 1.08 bits per heavy atom. The largest absolute Gasteiger partial charge is 0.330 e. The predicted octanol–water partition coefficient (Wildman–Crippen LogP) is 6.91. The molecule has 0 atom stereocenters. The van der Waals surface area contributed by atoms with Crippen LogP contribution in [0.3, 0.4) is 0 Å². The van der Waals surface area contributed by atoms with Crippen molar-refractivity contribution in [2.45, 2.75) is 110 Å². The standard InChI is InChI=1S/C24H48N2/c1-2-3-4-5-6-7-8-9-10-11-12-13-14-15-17-20-23-26-24-21-18-16-19-22-25/h6-7,9-10,26H,2-5,8,11-25H2,1H3/b7-6-,10-9-. The van der Waals surface area contributed by atoms with Crippen LogP contribution in [-0.2, 0) is 0 Å². The van der Waals surface area contributed by atoms with Crippen LogP contribution in [0, 0.1) is 0 Å². The number of nitrogens with one attached hydrogen (secondary N) is 1. The number of nitrogens with two attached hydrogens (primary N) is 1. The predicted molar refractivity (Wildman–Crippen MR) is 120 cm³/mol. The van der Waals surface area contributed by atoms with E-state index in [0.29, 0.717) is 0 Å². The highest BCUT2D eigenvalue weighted by atomic mass is 14.8. The summed E-state index contributed by atoms with van der Waals surface area (Å²) in [5.41, 5.74) is 5.50. The molecule has 0 radical (unpaired) electrons. The van der Waals surface area contributed by atoms with Crippen molar-refractivity contribution < 1.29 is 0 Å². The zero-order chi connectivity index (χ0) is 19.0. The van der Waals surface area contributed by atoms with Gasteiger partial charge in [-0.3, -0.25) is 0 Å². The topological polar surface area (TPSA) is 38.0 Å². The van der Waals surface area contributed by atoms with Gasteiger partial charge in [0.25, 0.3) is 0 Å². The minimum Gasteiger partial charge on any atom is -0.330 e. The molecule has 0 aliphatic heterocycles. The molecular formula is C24H48N2. The molecule has 0 spiro atoms. The second-order valence-corrected chi connectivity index (χ2v) is 7.54. The highest BCUT2D eigenvalue weighted by molar-refractivity contribution is 4.92. The van der Waals surface area contributed by atoms with Crippen molar-refractivity contribution in [3.05, 3.63) is 24.3 Å². The molecule has 26 heavy (non-hydrogen) atoms. The summed E-state index contributed by atoms with van der Waals surface area (Å²) >= 11 is 0. The molecule has 0 fully saturated rings. The van der Waals surface area contributed by atoms with Crippen LogP contribution in [0.4, 0.5) is 0 Å². The molecule has 154 valence electrons. The van der Waals surface area contributed by atoms with E-state index in [9.17, 15) is 0 Å². The molecule has 0 saturated heterocycles. The molecule has 2 heteroatoms. The summed E-state index contributed by atoms with van der Waals surface area (Å²) in [7, 11) is 0. The first-order chi connectivity index (χ1) is 12.9. The van der Waals surface area contributed by atoms with Gasteiger partial charge in [0.2, 0.25) is 0 Å². The quantitative estimate of drug-likeness (QED) is 0.171. The van der Waals surface area contributed by atoms with Crippen LogP contribution >= 0.6 is 0 Å². The van der Waals surface area contributed by atoms with Crippen LogP contribution in [0.5, 0.6) is 0 Å². The van der Waals surface area contributed by atoms with Crippen molar-refractivity contribution in [3.8, 4) is 0 Å². The number of hydrogen-bond donors (Lipinski definition) is 2. The van der Waals surface area contributed by atoms with E-state index in [-0.39, 0.29) is 0 Å². The molecule has 3 N–H and O–H groups in total. The molecule has 0 aliphatic carbocycles. The molecule has 0 rings (SSSR count). The van der Waals surface area contributed by atoms with E-state index < -0.39 is 0 Å². The van der Waals surface area contributed by atoms with Crippen LogP contribution in [0.25, 0.3) is 0 Å². The first kappa shape index (κ1) is 25.4. The lowest BCUT2D eigenvalue weighted by molar-refractivity contribution is 0.547. The molecule has 0 aliphatic rings. The number of unbranched alkanes of at least 4 members (excludes halogenated alkanes) is 12. The van der Waals surface area contributed by atoms with E-state index in [2.05, 4.69) is 36.5 Å². The van der Waals surface area contributed by atoms with Crippen LogP contribution < -0.4 is 11.1 Å². The average Bonchev–Trinajstić information content (AvgIpc) is 2.66. The number of allylic oxidation sites excluding steroid dienone is 4. The first-order valence-corrected chi connectivity index (χ1v) is 11.6. The maximum absolute atomic E-state index is 5.50. The van der Waals surface area contributed by atoms with Gasteiger partial charge in [-0.05, 0) is 71.0 Å². The van der Waals surface area contributed by atoms with Crippen LogP contribution in [0.2, 0.25) is 0 Å². The van der Waals surface area contributed by atoms with E-state index in [1.54, 1.807) is 0 Å². The lowest BCUT2D eigenvalue weighted by atomic mass is 10.1. The lowest BCUT2D eigenvalue weighted by Crippen LogP contribution is -2.16. The fraction of sp³-hybridized carbons (Fsp3) is 0.833. The van der Waals surface area contributed by atoms with Crippen molar-refractivity contribution >= 4 is 0 Å². The van der Waals surface area contributed by atoms with Gasteiger partial charge in [0.15, 0.2) is 0 Å². The van der Waals surface area contributed by atoms with Gasteiger partial charge in [-0.15, -0.1) is 0 Å². The van der Waals surface area contributed by atoms with Crippen molar-refractivity contribution in [1.82, 2.24) is 5.32 Å². The summed E-state index contributed by atoms with van der Waals surface area (Å²) in [5.74, 6) is 0.